The van der Waals surface area contributed by atoms with Crippen LogP contribution in [0.2, 0.25) is 0 Å². The molecule has 0 fully saturated rings. The van der Waals surface area contributed by atoms with E-state index in [-0.39, 0.29) is 0 Å². The number of hydrogen-bond donors (Lipinski definition) is 0. The fourth-order valence-electron chi connectivity index (χ4n) is 18.3. The van der Waals surface area contributed by atoms with Crippen LogP contribution in [0.1, 0.15) is 0 Å². The van der Waals surface area contributed by atoms with Gasteiger partial charge >= 0.3 is 0 Å². The average molecular weight is 1360 g/mol. The van der Waals surface area contributed by atoms with Crippen LogP contribution in [-0.4, -0.2) is 0 Å². The molecule has 0 amide bonds. The lowest BCUT2D eigenvalue weighted by molar-refractivity contribution is 1.59. The molecule has 0 heteroatoms. The summed E-state index contributed by atoms with van der Waals surface area (Å²) in [6, 6.07) is 151. The summed E-state index contributed by atoms with van der Waals surface area (Å²) in [6.45, 7) is 0. The SMILES string of the molecule is c1ccc(-c2ccc3cc(-c4cc(-c5ccc6c(ccc7ccccc76)c5)c(-c5ccc6c(ccc7ccccc76)c5)c(-c5cc6ccccc6c6c5ccc5ccc(-c7ccccc7-c7ccccc7)cc56)c4)c4c5ccc6ccc(-c7ccccc7-c7ccccc7)cc6c5c5ccccc5c4c3c2)cc1. The van der Waals surface area contributed by atoms with E-state index in [9.17, 15) is 0 Å². The first-order valence-electron chi connectivity index (χ1n) is 37.6. The molecule has 0 spiro atoms. The summed E-state index contributed by atoms with van der Waals surface area (Å²) in [6.07, 6.45) is 0. The molecule has 0 aliphatic carbocycles. The van der Waals surface area contributed by atoms with E-state index in [1.807, 2.05) is 0 Å². The van der Waals surface area contributed by atoms with Crippen molar-refractivity contribution in [2.24, 2.45) is 0 Å². The van der Waals surface area contributed by atoms with Crippen molar-refractivity contribution >= 4 is 129 Å². The van der Waals surface area contributed by atoms with E-state index >= 15 is 0 Å². The van der Waals surface area contributed by atoms with E-state index in [0.29, 0.717) is 0 Å². The highest BCUT2D eigenvalue weighted by molar-refractivity contribution is 6.39. The van der Waals surface area contributed by atoms with Gasteiger partial charge in [0.05, 0.1) is 0 Å². The van der Waals surface area contributed by atoms with Crippen molar-refractivity contribution in [1.82, 2.24) is 0 Å². The van der Waals surface area contributed by atoms with Gasteiger partial charge in [-0.05, 0) is 284 Å². The van der Waals surface area contributed by atoms with Crippen molar-refractivity contribution in [3.8, 4) is 100 Å². The van der Waals surface area contributed by atoms with Crippen LogP contribution in [-0.2, 0) is 0 Å². The fourth-order valence-corrected chi connectivity index (χ4v) is 18.3. The summed E-state index contributed by atoms with van der Waals surface area (Å²) in [7, 11) is 0. The average Bonchev–Trinajstić information content (AvgIpc) is 0.713. The van der Waals surface area contributed by atoms with Crippen molar-refractivity contribution in [1.29, 1.82) is 0 Å². The zero-order chi connectivity index (χ0) is 70.9. The highest BCUT2D eigenvalue weighted by Gasteiger charge is 2.26. The first-order valence-corrected chi connectivity index (χ1v) is 37.6. The zero-order valence-electron chi connectivity index (χ0n) is 59.1. The van der Waals surface area contributed by atoms with Gasteiger partial charge in [-0.15, -0.1) is 0 Å². The zero-order valence-corrected chi connectivity index (χ0v) is 59.1. The predicted molar refractivity (Wildman–Crippen MR) is 465 cm³/mol. The Labute approximate surface area is 625 Å². The minimum Gasteiger partial charge on any atom is -0.0622 e. The fraction of sp³-hybridized carbons (Fsp3) is 0. The summed E-state index contributed by atoms with van der Waals surface area (Å²) in [5.41, 5.74) is 21.3. The van der Waals surface area contributed by atoms with Crippen LogP contribution in [0.25, 0.3) is 229 Å². The molecule has 0 aliphatic heterocycles. The standard InChI is InChI=1S/C108H66/c1-4-22-67(23-5-1)74-44-49-81-63-101(108-96-57-51-73-43-48-80(89-36-19-17-34-85(89)69-26-8-3-9-27-69)62-98(73)106(96)93-38-20-21-39-94(93)107(108)100(81)60-74)83-65-99(78-52-54-90-76(58-78)45-40-70-28-10-13-31-86(70)90)104(82-53-55-91-77(59-82)46-41-71-29-11-14-32-87(71)91)103(66-83)102-64-75-30-12-15-37-92(75)105-95(102)56-50-72-42-47-79(61-97(72)105)88-35-18-16-33-84(88)68-24-6-2-7-25-68/h1-66H. The molecule has 0 N–H and O–H groups in total. The van der Waals surface area contributed by atoms with Crippen LogP contribution in [0, 0.1) is 0 Å². The summed E-state index contributed by atoms with van der Waals surface area (Å²) in [5.74, 6) is 0. The Hall–Kier alpha value is -14.0. The molecule has 0 unspecified atom stereocenters. The van der Waals surface area contributed by atoms with Gasteiger partial charge in [-0.25, -0.2) is 0 Å². The van der Waals surface area contributed by atoms with Crippen LogP contribution >= 0.6 is 0 Å². The molecule has 0 saturated carbocycles. The Morgan fingerprint density at radius 1 is 0.102 bits per heavy atom. The van der Waals surface area contributed by atoms with Gasteiger partial charge in [0, 0.05) is 0 Å². The van der Waals surface area contributed by atoms with E-state index < -0.39 is 0 Å². The number of benzene rings is 22. The Balaban J connectivity index is 0.900. The van der Waals surface area contributed by atoms with E-state index in [4.69, 9.17) is 0 Å². The van der Waals surface area contributed by atoms with E-state index in [1.54, 1.807) is 0 Å². The van der Waals surface area contributed by atoms with Crippen LogP contribution in [0.3, 0.4) is 0 Å². The normalized spacial score (nSPS) is 11.9. The summed E-state index contributed by atoms with van der Waals surface area (Å²) < 4.78 is 0. The molecule has 0 aromatic heterocycles. The summed E-state index contributed by atoms with van der Waals surface area (Å²) in [5, 5.41) is 29.3. The second kappa shape index (κ2) is 24.8. The molecule has 0 nitrogen and oxygen atoms in total. The first-order chi connectivity index (χ1) is 53.5. The van der Waals surface area contributed by atoms with Crippen molar-refractivity contribution in [2.45, 2.75) is 0 Å². The molecule has 0 saturated heterocycles. The van der Waals surface area contributed by atoms with Crippen molar-refractivity contribution in [3.63, 3.8) is 0 Å². The minimum absolute atomic E-state index is 1.14. The molecule has 108 heavy (non-hydrogen) atoms. The molecule has 22 aromatic rings. The van der Waals surface area contributed by atoms with E-state index in [1.165, 1.54) is 202 Å². The highest BCUT2D eigenvalue weighted by Crippen LogP contribution is 2.53. The predicted octanol–water partition coefficient (Wildman–Crippen LogP) is 30.5. The second-order valence-corrected chi connectivity index (χ2v) is 29.2. The summed E-state index contributed by atoms with van der Waals surface area (Å²) >= 11 is 0. The van der Waals surface area contributed by atoms with Crippen molar-refractivity contribution < 1.29 is 0 Å². The van der Waals surface area contributed by atoms with Gasteiger partial charge in [-0.1, -0.05) is 346 Å². The van der Waals surface area contributed by atoms with Gasteiger partial charge in [0.2, 0.25) is 0 Å². The first kappa shape index (κ1) is 61.4. The summed E-state index contributed by atoms with van der Waals surface area (Å²) in [4.78, 5) is 0. The Kier molecular flexibility index (Phi) is 14.1. The topological polar surface area (TPSA) is 0 Å². The monoisotopic (exact) mass is 1360 g/mol. The van der Waals surface area contributed by atoms with Crippen LogP contribution in [0.5, 0.6) is 0 Å². The molecule has 0 radical (unpaired) electrons. The molecule has 0 heterocycles. The second-order valence-electron chi connectivity index (χ2n) is 29.2. The van der Waals surface area contributed by atoms with Gasteiger partial charge in [-0.3, -0.25) is 0 Å². The minimum atomic E-state index is 1.14. The van der Waals surface area contributed by atoms with Gasteiger partial charge in [0.15, 0.2) is 0 Å². The van der Waals surface area contributed by atoms with Gasteiger partial charge < -0.3 is 0 Å². The number of hydrogen-bond acceptors (Lipinski definition) is 0. The molecule has 22 aromatic carbocycles. The maximum absolute atomic E-state index is 2.60. The lowest BCUT2D eigenvalue weighted by Gasteiger charge is -2.24. The Bertz CT molecular complexity index is 7510. The Morgan fingerprint density at radius 2 is 0.435 bits per heavy atom. The molecule has 498 valence electrons. The lowest BCUT2D eigenvalue weighted by Crippen LogP contribution is -1.96. The lowest BCUT2D eigenvalue weighted by atomic mass is 9.79. The van der Waals surface area contributed by atoms with Gasteiger partial charge in [0.25, 0.3) is 0 Å². The number of rotatable bonds is 9. The number of fused-ring (bicyclic) bond motifs is 21. The highest BCUT2D eigenvalue weighted by atomic mass is 14.3. The smallest absolute Gasteiger partial charge is 0.00137 e. The third-order valence-corrected chi connectivity index (χ3v) is 23.3. The third kappa shape index (κ3) is 9.92. The quantitative estimate of drug-likeness (QED) is 0.126. The Morgan fingerprint density at radius 3 is 1.04 bits per heavy atom. The van der Waals surface area contributed by atoms with Gasteiger partial charge in [-0.2, -0.15) is 0 Å². The van der Waals surface area contributed by atoms with Crippen LogP contribution < -0.4 is 0 Å². The van der Waals surface area contributed by atoms with Gasteiger partial charge in [0.1, 0.15) is 0 Å². The van der Waals surface area contributed by atoms with E-state index in [0.717, 1.165) is 27.8 Å². The third-order valence-electron chi connectivity index (χ3n) is 23.3. The molecule has 0 aliphatic rings. The molecular weight excluding hydrogens is 1300 g/mol. The van der Waals surface area contributed by atoms with Crippen LogP contribution in [0.4, 0.5) is 0 Å². The molecule has 22 rings (SSSR count). The van der Waals surface area contributed by atoms with E-state index in [2.05, 4.69) is 400 Å². The van der Waals surface area contributed by atoms with Crippen molar-refractivity contribution in [3.05, 3.63) is 400 Å². The maximum Gasteiger partial charge on any atom is -0.00137 e. The van der Waals surface area contributed by atoms with Crippen LogP contribution in [0.15, 0.2) is 400 Å². The molecular formula is C108H66. The largest absolute Gasteiger partial charge is 0.0622 e. The molecule has 0 bridgehead atoms. The maximum atomic E-state index is 2.60. The molecule has 0 atom stereocenters. The van der Waals surface area contributed by atoms with Crippen molar-refractivity contribution in [2.75, 3.05) is 0 Å².